The molecule has 0 saturated carbocycles. The third kappa shape index (κ3) is 5.59. The molecule has 1 aromatic rings. The normalized spacial score (nSPS) is 11.4. The van der Waals surface area contributed by atoms with Gasteiger partial charge in [-0.2, -0.15) is 0 Å². The molecule has 25 heavy (non-hydrogen) atoms. The predicted octanol–water partition coefficient (Wildman–Crippen LogP) is 0.440. The van der Waals surface area contributed by atoms with Gasteiger partial charge in [0.05, 0.1) is 0 Å². The summed E-state index contributed by atoms with van der Waals surface area (Å²) in [4.78, 5) is 49.6. The van der Waals surface area contributed by atoms with Crippen LogP contribution in [-0.4, -0.2) is 71.8 Å². The van der Waals surface area contributed by atoms with E-state index in [9.17, 15) is 24.3 Å². The van der Waals surface area contributed by atoms with Crippen LogP contribution in [0.3, 0.4) is 0 Å². The van der Waals surface area contributed by atoms with Gasteiger partial charge in [0.1, 0.15) is 6.04 Å². The van der Waals surface area contributed by atoms with E-state index in [2.05, 4.69) is 5.32 Å². The highest BCUT2D eigenvalue weighted by molar-refractivity contribution is 6.00. The van der Waals surface area contributed by atoms with Crippen molar-refractivity contribution < 1.29 is 24.3 Å². The van der Waals surface area contributed by atoms with Gasteiger partial charge in [-0.15, -0.1) is 0 Å². The second-order valence-electron chi connectivity index (χ2n) is 5.78. The van der Waals surface area contributed by atoms with E-state index in [0.717, 1.165) is 4.90 Å². The average Bonchev–Trinajstić information content (AvgIpc) is 2.56. The predicted molar refractivity (Wildman–Crippen MR) is 91.3 cm³/mol. The first kappa shape index (κ1) is 20.1. The van der Waals surface area contributed by atoms with Gasteiger partial charge in [-0.1, -0.05) is 6.07 Å². The number of aliphatic carboxylic acids is 1. The molecule has 0 aliphatic carbocycles. The van der Waals surface area contributed by atoms with Crippen molar-refractivity contribution in [1.82, 2.24) is 15.1 Å². The number of hydrogen-bond acceptors (Lipinski definition) is 4. The van der Waals surface area contributed by atoms with Gasteiger partial charge in [0.2, 0.25) is 5.91 Å². The van der Waals surface area contributed by atoms with Gasteiger partial charge in [0.25, 0.3) is 11.8 Å². The molecule has 0 heterocycles. The first-order valence-corrected chi connectivity index (χ1v) is 7.75. The topological polar surface area (TPSA) is 107 Å². The van der Waals surface area contributed by atoms with Crippen LogP contribution < -0.4 is 5.32 Å². The third-order valence-corrected chi connectivity index (χ3v) is 3.58. The number of hydrogen-bond donors (Lipinski definition) is 2. The Bertz CT molecular complexity index is 672. The summed E-state index contributed by atoms with van der Waals surface area (Å²) < 4.78 is 0. The molecule has 0 saturated heterocycles. The molecule has 8 heteroatoms. The first-order valence-electron chi connectivity index (χ1n) is 7.75. The van der Waals surface area contributed by atoms with Gasteiger partial charge in [-0.3, -0.25) is 14.4 Å². The van der Waals surface area contributed by atoms with Gasteiger partial charge in [0.15, 0.2) is 0 Å². The Morgan fingerprint density at radius 3 is 2.16 bits per heavy atom. The van der Waals surface area contributed by atoms with E-state index in [1.807, 2.05) is 0 Å². The van der Waals surface area contributed by atoms with Gasteiger partial charge in [0, 0.05) is 45.2 Å². The Balaban J connectivity index is 3.07. The summed E-state index contributed by atoms with van der Waals surface area (Å²) in [6, 6.07) is 5.04. The summed E-state index contributed by atoms with van der Waals surface area (Å²) in [7, 11) is 3.20. The Morgan fingerprint density at radius 2 is 1.68 bits per heavy atom. The molecule has 0 aliphatic rings. The molecule has 8 nitrogen and oxygen atoms in total. The average molecular weight is 349 g/mol. The van der Waals surface area contributed by atoms with E-state index in [0.29, 0.717) is 5.56 Å². The molecule has 0 spiro atoms. The molecule has 1 aromatic carbocycles. The molecule has 3 amide bonds. The highest BCUT2D eigenvalue weighted by Crippen LogP contribution is 2.12. The van der Waals surface area contributed by atoms with E-state index in [4.69, 9.17) is 0 Å². The van der Waals surface area contributed by atoms with Crippen molar-refractivity contribution in [3.05, 3.63) is 35.4 Å². The van der Waals surface area contributed by atoms with Crippen LogP contribution in [0.1, 0.15) is 34.6 Å². The van der Waals surface area contributed by atoms with Crippen LogP contribution in [0.25, 0.3) is 0 Å². The standard InChI is InChI=1S/C17H23N3O5/c1-11(17(24)25)20(9-8-18-12(2)21)16(23)14-7-5-6-13(10-14)15(22)19(3)4/h5-7,10-11H,8-9H2,1-4H3,(H,18,21)(H,24,25). The highest BCUT2D eigenvalue weighted by atomic mass is 16.4. The van der Waals surface area contributed by atoms with E-state index < -0.39 is 17.9 Å². The zero-order valence-electron chi connectivity index (χ0n) is 14.8. The molecular weight excluding hydrogens is 326 g/mol. The lowest BCUT2D eigenvalue weighted by Crippen LogP contribution is -2.46. The summed E-state index contributed by atoms with van der Waals surface area (Å²) in [5, 5.41) is 11.8. The van der Waals surface area contributed by atoms with E-state index >= 15 is 0 Å². The number of nitrogens with zero attached hydrogens (tertiary/aromatic N) is 2. The van der Waals surface area contributed by atoms with Crippen molar-refractivity contribution in [3.63, 3.8) is 0 Å². The van der Waals surface area contributed by atoms with Gasteiger partial charge >= 0.3 is 5.97 Å². The van der Waals surface area contributed by atoms with Crippen molar-refractivity contribution in [1.29, 1.82) is 0 Å². The van der Waals surface area contributed by atoms with Crippen LogP contribution >= 0.6 is 0 Å². The number of rotatable bonds is 7. The maximum atomic E-state index is 12.7. The lowest BCUT2D eigenvalue weighted by Gasteiger charge is -2.27. The van der Waals surface area contributed by atoms with E-state index in [1.54, 1.807) is 26.2 Å². The fraction of sp³-hybridized carbons (Fsp3) is 0.412. The maximum Gasteiger partial charge on any atom is 0.326 e. The summed E-state index contributed by atoms with van der Waals surface area (Å²) in [5.74, 6) is -2.20. The number of carbonyl (C=O) groups excluding carboxylic acids is 3. The summed E-state index contributed by atoms with van der Waals surface area (Å²) in [6.07, 6.45) is 0. The van der Waals surface area contributed by atoms with Crippen molar-refractivity contribution in [2.45, 2.75) is 19.9 Å². The zero-order valence-corrected chi connectivity index (χ0v) is 14.8. The summed E-state index contributed by atoms with van der Waals surface area (Å²) >= 11 is 0. The molecule has 0 aromatic heterocycles. The summed E-state index contributed by atoms with van der Waals surface area (Å²) in [6.45, 7) is 2.90. The lowest BCUT2D eigenvalue weighted by atomic mass is 10.1. The number of carbonyl (C=O) groups is 4. The fourth-order valence-electron chi connectivity index (χ4n) is 2.17. The van der Waals surface area contributed by atoms with Crippen molar-refractivity contribution in [3.8, 4) is 0 Å². The molecular formula is C17H23N3O5. The lowest BCUT2D eigenvalue weighted by molar-refractivity contribution is -0.141. The number of carboxylic acids is 1. The van der Waals surface area contributed by atoms with Crippen LogP contribution in [0.2, 0.25) is 0 Å². The van der Waals surface area contributed by atoms with Gasteiger partial charge in [-0.25, -0.2) is 4.79 Å². The Morgan fingerprint density at radius 1 is 1.12 bits per heavy atom. The smallest absolute Gasteiger partial charge is 0.326 e. The fourth-order valence-corrected chi connectivity index (χ4v) is 2.17. The number of benzene rings is 1. The minimum absolute atomic E-state index is 0.0394. The Labute approximate surface area is 146 Å². The molecule has 1 unspecified atom stereocenters. The zero-order chi connectivity index (χ0) is 19.1. The third-order valence-electron chi connectivity index (χ3n) is 3.58. The van der Waals surface area contributed by atoms with Crippen LogP contribution in [0.5, 0.6) is 0 Å². The molecule has 136 valence electrons. The van der Waals surface area contributed by atoms with Crippen molar-refractivity contribution in [2.75, 3.05) is 27.2 Å². The maximum absolute atomic E-state index is 12.7. The highest BCUT2D eigenvalue weighted by Gasteiger charge is 2.26. The van der Waals surface area contributed by atoms with Crippen molar-refractivity contribution in [2.24, 2.45) is 0 Å². The molecule has 1 rings (SSSR count). The quantitative estimate of drug-likeness (QED) is 0.743. The SMILES string of the molecule is CC(=O)NCCN(C(=O)c1cccc(C(=O)N(C)C)c1)C(C)C(=O)O. The van der Waals surface area contributed by atoms with Crippen LogP contribution in [-0.2, 0) is 9.59 Å². The van der Waals surface area contributed by atoms with E-state index in [-0.39, 0.29) is 30.5 Å². The van der Waals surface area contributed by atoms with E-state index in [1.165, 1.54) is 30.9 Å². The Hall–Kier alpha value is -2.90. The minimum Gasteiger partial charge on any atom is -0.480 e. The Kier molecular flexibility index (Phi) is 7.10. The second kappa shape index (κ2) is 8.81. The largest absolute Gasteiger partial charge is 0.480 e. The van der Waals surface area contributed by atoms with Gasteiger partial charge in [-0.05, 0) is 25.1 Å². The van der Waals surface area contributed by atoms with Crippen LogP contribution in [0, 0.1) is 0 Å². The van der Waals surface area contributed by atoms with Crippen LogP contribution in [0.4, 0.5) is 0 Å². The number of nitrogens with one attached hydrogen (secondary N) is 1. The molecule has 0 fully saturated rings. The first-order chi connectivity index (χ1) is 11.6. The number of carboxylic acid groups (broad SMARTS) is 1. The minimum atomic E-state index is -1.16. The number of amides is 3. The molecule has 1 atom stereocenters. The second-order valence-corrected chi connectivity index (χ2v) is 5.78. The van der Waals surface area contributed by atoms with Crippen molar-refractivity contribution >= 4 is 23.7 Å². The molecule has 0 bridgehead atoms. The summed E-state index contributed by atoms with van der Waals surface area (Å²) in [5.41, 5.74) is 0.546. The molecule has 0 aliphatic heterocycles. The monoisotopic (exact) mass is 349 g/mol. The molecule has 0 radical (unpaired) electrons. The van der Waals surface area contributed by atoms with Gasteiger partial charge < -0.3 is 20.2 Å². The van der Waals surface area contributed by atoms with Crippen LogP contribution in [0.15, 0.2) is 24.3 Å². The molecule has 2 N–H and O–H groups in total.